The zero-order valence-electron chi connectivity index (χ0n) is 11.8. The number of ether oxygens (including phenoxy) is 1. The van der Waals surface area contributed by atoms with Gasteiger partial charge < -0.3 is 10.5 Å². The molecule has 0 aromatic heterocycles. The molecule has 2 rings (SSSR count). The Bertz CT molecular complexity index is 608. The zero-order valence-corrected chi connectivity index (χ0v) is 12.6. The summed E-state index contributed by atoms with van der Waals surface area (Å²) in [4.78, 5) is 0.829. The molecule has 0 saturated carbocycles. The number of hydrogen-bond acceptors (Lipinski definition) is 3. The Morgan fingerprint density at radius 2 is 1.85 bits per heavy atom. The van der Waals surface area contributed by atoms with Gasteiger partial charge in [0, 0.05) is 17.0 Å². The van der Waals surface area contributed by atoms with Crippen LogP contribution in [0.3, 0.4) is 0 Å². The number of nitrogens with two attached hydrogens (primary N) is 1. The average Bonchev–Trinajstić information content (AvgIpc) is 2.47. The first-order valence-corrected chi connectivity index (χ1v) is 7.77. The molecule has 3 nitrogen and oxygen atoms in total. The van der Waals surface area contributed by atoms with Gasteiger partial charge in [0.05, 0.1) is 23.7 Å². The van der Waals surface area contributed by atoms with Gasteiger partial charge in [-0.15, -0.1) is 0 Å². The Kier molecular flexibility index (Phi) is 4.93. The highest BCUT2D eigenvalue weighted by Gasteiger charge is 2.10. The summed E-state index contributed by atoms with van der Waals surface area (Å²) in [6, 6.07) is 13.5. The minimum absolute atomic E-state index is 0.431. The van der Waals surface area contributed by atoms with E-state index < -0.39 is 10.8 Å². The van der Waals surface area contributed by atoms with Gasteiger partial charge in [-0.25, -0.2) is 0 Å². The summed E-state index contributed by atoms with van der Waals surface area (Å²) in [7, 11) is 0.535. The van der Waals surface area contributed by atoms with E-state index in [9.17, 15) is 4.21 Å². The Hall–Kier alpha value is -1.65. The van der Waals surface area contributed by atoms with Gasteiger partial charge in [-0.3, -0.25) is 4.21 Å². The molecule has 1 atom stereocenters. The third-order valence-electron chi connectivity index (χ3n) is 3.15. The number of benzene rings is 2. The molecule has 0 aliphatic rings. The molecule has 106 valence electrons. The van der Waals surface area contributed by atoms with E-state index in [-0.39, 0.29) is 0 Å². The predicted molar refractivity (Wildman–Crippen MR) is 82.2 cm³/mol. The molecule has 0 fully saturated rings. The van der Waals surface area contributed by atoms with E-state index in [0.717, 1.165) is 27.3 Å². The van der Waals surface area contributed by atoms with Crippen LogP contribution in [0.15, 0.2) is 47.4 Å². The van der Waals surface area contributed by atoms with Crippen molar-refractivity contribution in [1.29, 1.82) is 0 Å². The third kappa shape index (κ3) is 3.46. The van der Waals surface area contributed by atoms with Gasteiger partial charge in [0.1, 0.15) is 5.75 Å². The molecule has 2 aromatic carbocycles. The lowest BCUT2D eigenvalue weighted by Gasteiger charge is -2.10. The summed E-state index contributed by atoms with van der Waals surface area (Å²) < 4.78 is 17.7. The number of methoxy groups -OCH3 is 1. The average molecular weight is 289 g/mol. The van der Waals surface area contributed by atoms with Gasteiger partial charge in [0.15, 0.2) is 0 Å². The minimum Gasteiger partial charge on any atom is -0.496 e. The second-order valence-electron chi connectivity index (χ2n) is 4.65. The Balaban J connectivity index is 2.24. The largest absolute Gasteiger partial charge is 0.496 e. The summed E-state index contributed by atoms with van der Waals surface area (Å²) in [6.07, 6.45) is 0. The third-order valence-corrected chi connectivity index (χ3v) is 4.52. The summed E-state index contributed by atoms with van der Waals surface area (Å²) in [6.45, 7) is 2.48. The highest BCUT2D eigenvalue weighted by Crippen LogP contribution is 2.23. The molecule has 0 saturated heterocycles. The van der Waals surface area contributed by atoms with Crippen LogP contribution in [0.2, 0.25) is 0 Å². The van der Waals surface area contributed by atoms with Crippen LogP contribution in [0.4, 0.5) is 0 Å². The van der Waals surface area contributed by atoms with E-state index in [4.69, 9.17) is 10.5 Å². The van der Waals surface area contributed by atoms with Crippen molar-refractivity contribution >= 4 is 10.8 Å². The standard InChI is InChI=1S/C16H19NO2S/c1-12-3-6-15(7-4-12)20(18)11-14-9-13(10-17)5-8-16(14)19-2/h3-9H,10-11,17H2,1-2H3. The van der Waals surface area contributed by atoms with Gasteiger partial charge >= 0.3 is 0 Å². The molecule has 0 bridgehead atoms. The van der Waals surface area contributed by atoms with E-state index in [2.05, 4.69) is 0 Å². The molecule has 0 spiro atoms. The lowest BCUT2D eigenvalue weighted by atomic mass is 10.1. The molecular formula is C16H19NO2S. The SMILES string of the molecule is COc1ccc(CN)cc1CS(=O)c1ccc(C)cc1. The fourth-order valence-electron chi connectivity index (χ4n) is 1.99. The van der Waals surface area contributed by atoms with Crippen LogP contribution < -0.4 is 10.5 Å². The number of aryl methyl sites for hydroxylation is 1. The smallest absolute Gasteiger partial charge is 0.123 e. The first kappa shape index (κ1) is 14.8. The van der Waals surface area contributed by atoms with Gasteiger partial charge in [-0.05, 0) is 36.8 Å². The van der Waals surface area contributed by atoms with Crippen molar-refractivity contribution in [2.24, 2.45) is 5.73 Å². The Labute approximate surface area is 122 Å². The van der Waals surface area contributed by atoms with Crippen molar-refractivity contribution in [1.82, 2.24) is 0 Å². The van der Waals surface area contributed by atoms with Crippen LogP contribution in [0.25, 0.3) is 0 Å². The molecule has 0 amide bonds. The highest BCUT2D eigenvalue weighted by molar-refractivity contribution is 7.84. The van der Waals surface area contributed by atoms with E-state index >= 15 is 0 Å². The quantitative estimate of drug-likeness (QED) is 0.921. The first-order chi connectivity index (χ1) is 9.63. The molecule has 0 aliphatic heterocycles. The lowest BCUT2D eigenvalue weighted by molar-refractivity contribution is 0.411. The molecule has 2 N–H and O–H groups in total. The van der Waals surface area contributed by atoms with E-state index in [1.807, 2.05) is 49.4 Å². The normalized spacial score (nSPS) is 12.2. The van der Waals surface area contributed by atoms with E-state index in [0.29, 0.717) is 12.3 Å². The van der Waals surface area contributed by atoms with Gasteiger partial charge in [-0.1, -0.05) is 23.8 Å². The van der Waals surface area contributed by atoms with Gasteiger partial charge in [-0.2, -0.15) is 0 Å². The van der Waals surface area contributed by atoms with Crippen molar-refractivity contribution in [3.8, 4) is 5.75 Å². The van der Waals surface area contributed by atoms with Crippen LogP contribution >= 0.6 is 0 Å². The second kappa shape index (κ2) is 6.68. The zero-order chi connectivity index (χ0) is 14.5. The van der Waals surface area contributed by atoms with Crippen LogP contribution in [-0.2, 0) is 23.1 Å². The van der Waals surface area contributed by atoms with Crippen molar-refractivity contribution in [2.45, 2.75) is 24.1 Å². The molecule has 0 radical (unpaired) electrons. The number of hydrogen-bond donors (Lipinski definition) is 1. The molecule has 0 heterocycles. The van der Waals surface area contributed by atoms with E-state index in [1.54, 1.807) is 7.11 Å². The lowest BCUT2D eigenvalue weighted by Crippen LogP contribution is -2.02. The topological polar surface area (TPSA) is 52.3 Å². The van der Waals surface area contributed by atoms with Crippen LogP contribution in [-0.4, -0.2) is 11.3 Å². The maximum absolute atomic E-state index is 12.4. The number of rotatable bonds is 5. The fraction of sp³-hybridized carbons (Fsp3) is 0.250. The van der Waals surface area contributed by atoms with Crippen molar-refractivity contribution in [2.75, 3.05) is 7.11 Å². The summed E-state index contributed by atoms with van der Waals surface area (Å²) >= 11 is 0. The molecule has 1 unspecified atom stereocenters. The summed E-state index contributed by atoms with van der Waals surface area (Å²) in [5, 5.41) is 0. The Morgan fingerprint density at radius 3 is 2.45 bits per heavy atom. The monoisotopic (exact) mass is 289 g/mol. The van der Waals surface area contributed by atoms with Gasteiger partial charge in [0.25, 0.3) is 0 Å². The minimum atomic E-state index is -1.09. The summed E-state index contributed by atoms with van der Waals surface area (Å²) in [5.41, 5.74) is 8.75. The van der Waals surface area contributed by atoms with Gasteiger partial charge in [0.2, 0.25) is 0 Å². The van der Waals surface area contributed by atoms with Crippen molar-refractivity contribution < 1.29 is 8.95 Å². The second-order valence-corrected chi connectivity index (χ2v) is 6.10. The highest BCUT2D eigenvalue weighted by atomic mass is 32.2. The maximum Gasteiger partial charge on any atom is 0.123 e. The summed E-state index contributed by atoms with van der Waals surface area (Å²) in [5.74, 6) is 1.18. The maximum atomic E-state index is 12.4. The fourth-order valence-corrected chi connectivity index (χ4v) is 3.10. The van der Waals surface area contributed by atoms with Crippen LogP contribution in [0.5, 0.6) is 5.75 Å². The molecule has 20 heavy (non-hydrogen) atoms. The van der Waals surface area contributed by atoms with Crippen LogP contribution in [0, 0.1) is 6.92 Å². The first-order valence-electron chi connectivity index (χ1n) is 6.45. The molecule has 4 heteroatoms. The molecule has 2 aromatic rings. The van der Waals surface area contributed by atoms with E-state index in [1.165, 1.54) is 0 Å². The van der Waals surface area contributed by atoms with Crippen molar-refractivity contribution in [3.05, 3.63) is 59.2 Å². The van der Waals surface area contributed by atoms with Crippen LogP contribution in [0.1, 0.15) is 16.7 Å². The predicted octanol–water partition coefficient (Wildman–Crippen LogP) is 2.77. The Morgan fingerprint density at radius 1 is 1.15 bits per heavy atom. The molecule has 0 aliphatic carbocycles. The van der Waals surface area contributed by atoms with Crippen molar-refractivity contribution in [3.63, 3.8) is 0 Å². The molecular weight excluding hydrogens is 270 g/mol.